The van der Waals surface area contributed by atoms with Crippen molar-refractivity contribution in [3.8, 4) is 62.1 Å². The number of hydrogen-bond donors (Lipinski definition) is 0. The Balaban J connectivity index is 1.07. The van der Waals surface area contributed by atoms with Crippen molar-refractivity contribution >= 4 is 74.9 Å². The summed E-state index contributed by atoms with van der Waals surface area (Å²) in [5, 5.41) is 9.67. The van der Waals surface area contributed by atoms with Crippen LogP contribution in [0.1, 0.15) is 0 Å². The topological polar surface area (TPSA) is 43.6 Å². The van der Waals surface area contributed by atoms with Crippen LogP contribution in [-0.4, -0.2) is 19.5 Å². The largest absolute Gasteiger partial charge is 0.309 e. The van der Waals surface area contributed by atoms with Crippen LogP contribution in [0.15, 0.2) is 218 Å². The molecule has 10 aromatic carbocycles. The minimum absolute atomic E-state index is 0.612. The summed E-state index contributed by atoms with van der Waals surface area (Å²) in [6, 6.07) is 78.0. The highest BCUT2D eigenvalue weighted by molar-refractivity contribution is 7.26. The van der Waals surface area contributed by atoms with Crippen molar-refractivity contribution in [3.05, 3.63) is 218 Å². The van der Waals surface area contributed by atoms with E-state index in [2.05, 4.69) is 223 Å². The van der Waals surface area contributed by atoms with Gasteiger partial charge in [0.2, 0.25) is 0 Å². The van der Waals surface area contributed by atoms with Crippen LogP contribution in [0.25, 0.3) is 126 Å². The Morgan fingerprint density at radius 3 is 1.73 bits per heavy atom. The van der Waals surface area contributed by atoms with E-state index in [4.69, 9.17) is 15.0 Å². The summed E-state index contributed by atoms with van der Waals surface area (Å²) in [5.74, 6) is 1.85. The van der Waals surface area contributed by atoms with Gasteiger partial charge in [0.1, 0.15) is 0 Å². The number of rotatable bonds is 6. The smallest absolute Gasteiger partial charge is 0.166 e. The van der Waals surface area contributed by atoms with Crippen molar-refractivity contribution in [2.24, 2.45) is 0 Å². The van der Waals surface area contributed by atoms with Gasteiger partial charge in [-0.2, -0.15) is 0 Å². The summed E-state index contributed by atoms with van der Waals surface area (Å²) >= 11 is 1.87. The molecule has 0 saturated heterocycles. The number of thiophene rings is 1. The molecule has 13 aromatic rings. The maximum atomic E-state index is 5.48. The van der Waals surface area contributed by atoms with Gasteiger partial charge in [-0.1, -0.05) is 170 Å². The lowest BCUT2D eigenvalue weighted by Gasteiger charge is -2.14. The molecule has 0 atom stereocenters. The summed E-state index contributed by atoms with van der Waals surface area (Å²) in [6.45, 7) is 0. The molecule has 0 N–H and O–H groups in total. The number of para-hydroxylation sites is 3. The normalized spacial score (nSPS) is 11.8. The van der Waals surface area contributed by atoms with E-state index in [1.54, 1.807) is 0 Å². The van der Waals surface area contributed by atoms with Crippen LogP contribution in [0.3, 0.4) is 0 Å². The van der Waals surface area contributed by atoms with Gasteiger partial charge in [0.05, 0.1) is 11.0 Å². The van der Waals surface area contributed by atoms with Crippen molar-refractivity contribution in [1.29, 1.82) is 0 Å². The third-order valence-electron chi connectivity index (χ3n) is 12.6. The van der Waals surface area contributed by atoms with Gasteiger partial charge in [0.15, 0.2) is 17.5 Å². The third-order valence-corrected chi connectivity index (χ3v) is 13.8. The van der Waals surface area contributed by atoms with E-state index in [-0.39, 0.29) is 0 Å². The van der Waals surface area contributed by atoms with Gasteiger partial charge in [-0.25, -0.2) is 15.0 Å². The monoisotopic (exact) mass is 832 g/mol. The Bertz CT molecular complexity index is 3960. The minimum Gasteiger partial charge on any atom is -0.309 e. The predicted molar refractivity (Wildman–Crippen MR) is 269 cm³/mol. The number of benzene rings is 10. The number of nitrogens with zero attached hydrogens (tertiary/aromatic N) is 4. The maximum Gasteiger partial charge on any atom is 0.166 e. The molecule has 298 valence electrons. The molecule has 0 aliphatic rings. The van der Waals surface area contributed by atoms with E-state index in [0.29, 0.717) is 17.5 Å². The average molecular weight is 833 g/mol. The third kappa shape index (κ3) is 5.93. The highest BCUT2D eigenvalue weighted by Crippen LogP contribution is 2.42. The lowest BCUT2D eigenvalue weighted by molar-refractivity contribution is 1.07. The van der Waals surface area contributed by atoms with Crippen molar-refractivity contribution in [1.82, 2.24) is 19.5 Å². The minimum atomic E-state index is 0.612. The fourth-order valence-electron chi connectivity index (χ4n) is 9.62. The molecule has 0 radical (unpaired) electrons. The molecule has 3 aromatic heterocycles. The van der Waals surface area contributed by atoms with Gasteiger partial charge >= 0.3 is 0 Å². The lowest BCUT2D eigenvalue weighted by atomic mass is 9.95. The molecule has 0 aliphatic heterocycles. The van der Waals surface area contributed by atoms with Crippen LogP contribution >= 0.6 is 11.3 Å². The second-order valence-electron chi connectivity index (χ2n) is 16.4. The molecule has 13 rings (SSSR count). The van der Waals surface area contributed by atoms with Crippen LogP contribution in [-0.2, 0) is 0 Å². The average Bonchev–Trinajstić information content (AvgIpc) is 3.92. The molecule has 0 spiro atoms. The standard InChI is InChI=1S/C59H36N4S/c1-3-15-37(16-4-1)41-33-42(40-30-31-48-50-32-29-39-18-8-10-23-46(39)56(50)64-54(48)36-40)35-43(34-41)57-60-58(51-26-13-19-38-17-7-9-22-45(38)51)62-59(61-57)52-27-14-25-49-47-24-11-12-28-53(47)63(55(49)52)44-20-5-2-6-21-44/h1-36H. The molecular formula is C59H36N4S. The summed E-state index contributed by atoms with van der Waals surface area (Å²) in [6.07, 6.45) is 0. The molecule has 5 heteroatoms. The van der Waals surface area contributed by atoms with Gasteiger partial charge in [-0.3, -0.25) is 0 Å². The van der Waals surface area contributed by atoms with Crippen molar-refractivity contribution < 1.29 is 0 Å². The first-order chi connectivity index (χ1) is 31.7. The molecule has 3 heterocycles. The van der Waals surface area contributed by atoms with E-state index < -0.39 is 0 Å². The van der Waals surface area contributed by atoms with Crippen LogP contribution in [0, 0.1) is 0 Å². The van der Waals surface area contributed by atoms with Crippen molar-refractivity contribution in [2.75, 3.05) is 0 Å². The SMILES string of the molecule is c1ccc(-c2cc(-c3ccc4c(c3)sc3c5ccccc5ccc43)cc(-c3nc(-c4cccc5ccccc45)nc(-c4cccc5c6ccccc6n(-c6ccccc6)c45)n3)c2)cc1. The first-order valence-electron chi connectivity index (χ1n) is 21.6. The molecule has 0 saturated carbocycles. The van der Waals surface area contributed by atoms with E-state index in [1.807, 2.05) is 11.3 Å². The zero-order valence-electron chi connectivity index (χ0n) is 34.5. The van der Waals surface area contributed by atoms with E-state index in [9.17, 15) is 0 Å². The van der Waals surface area contributed by atoms with Gasteiger partial charge in [0.25, 0.3) is 0 Å². The zero-order valence-corrected chi connectivity index (χ0v) is 35.3. The van der Waals surface area contributed by atoms with E-state index in [0.717, 1.165) is 71.8 Å². The first-order valence-corrected chi connectivity index (χ1v) is 22.4. The molecule has 0 unspecified atom stereocenters. The van der Waals surface area contributed by atoms with Gasteiger partial charge in [-0.05, 0) is 92.3 Å². The zero-order chi connectivity index (χ0) is 42.1. The fraction of sp³-hybridized carbons (Fsp3) is 0. The molecule has 0 bridgehead atoms. The molecule has 0 amide bonds. The van der Waals surface area contributed by atoms with E-state index >= 15 is 0 Å². The first kappa shape index (κ1) is 36.4. The van der Waals surface area contributed by atoms with Crippen LogP contribution in [0.5, 0.6) is 0 Å². The van der Waals surface area contributed by atoms with E-state index in [1.165, 1.54) is 36.3 Å². The quantitative estimate of drug-likeness (QED) is 0.168. The molecule has 64 heavy (non-hydrogen) atoms. The summed E-state index contributed by atoms with van der Waals surface area (Å²) in [5.41, 5.74) is 10.5. The van der Waals surface area contributed by atoms with Crippen LogP contribution in [0.4, 0.5) is 0 Å². The second-order valence-corrected chi connectivity index (χ2v) is 17.4. The Hall–Kier alpha value is -8.25. The second kappa shape index (κ2) is 14.7. The van der Waals surface area contributed by atoms with Gasteiger partial charge in [-0.15, -0.1) is 11.3 Å². The summed E-state index contributed by atoms with van der Waals surface area (Å²) in [4.78, 5) is 16.3. The maximum absolute atomic E-state index is 5.48. The molecule has 0 aliphatic carbocycles. The Morgan fingerprint density at radius 2 is 0.906 bits per heavy atom. The van der Waals surface area contributed by atoms with Crippen LogP contribution < -0.4 is 0 Å². The summed E-state index contributed by atoms with van der Waals surface area (Å²) < 4.78 is 4.93. The molecule has 0 fully saturated rings. The summed E-state index contributed by atoms with van der Waals surface area (Å²) in [7, 11) is 0. The van der Waals surface area contributed by atoms with Crippen molar-refractivity contribution in [2.45, 2.75) is 0 Å². The highest BCUT2D eigenvalue weighted by Gasteiger charge is 2.21. The Morgan fingerprint density at radius 1 is 0.328 bits per heavy atom. The van der Waals surface area contributed by atoms with Gasteiger partial charge < -0.3 is 4.57 Å². The number of hydrogen-bond acceptors (Lipinski definition) is 4. The fourth-order valence-corrected chi connectivity index (χ4v) is 10.9. The highest BCUT2D eigenvalue weighted by atomic mass is 32.1. The Kier molecular flexibility index (Phi) is 8.36. The number of aromatic nitrogens is 4. The Labute approximate surface area is 373 Å². The molecular weight excluding hydrogens is 797 g/mol. The van der Waals surface area contributed by atoms with Crippen molar-refractivity contribution in [3.63, 3.8) is 0 Å². The lowest BCUT2D eigenvalue weighted by Crippen LogP contribution is -2.02. The predicted octanol–water partition coefficient (Wildman–Crippen LogP) is 16.0. The van der Waals surface area contributed by atoms with Crippen LogP contribution in [0.2, 0.25) is 0 Å². The number of fused-ring (bicyclic) bond motifs is 9. The molecule has 4 nitrogen and oxygen atoms in total. The van der Waals surface area contributed by atoms with Gasteiger partial charge in [0, 0.05) is 53.3 Å².